The van der Waals surface area contributed by atoms with Crippen molar-refractivity contribution in [1.29, 1.82) is 0 Å². The van der Waals surface area contributed by atoms with Crippen LogP contribution in [0.4, 0.5) is 5.69 Å². The summed E-state index contributed by atoms with van der Waals surface area (Å²) in [6.07, 6.45) is 6.28. The number of para-hydroxylation sites is 1. The number of anilines is 1. The Morgan fingerprint density at radius 1 is 1.00 bits per heavy atom. The number of amides is 1. The lowest BCUT2D eigenvalue weighted by atomic mass is 10.0. The third-order valence-corrected chi connectivity index (χ3v) is 7.37. The van der Waals surface area contributed by atoms with Crippen LogP contribution >= 0.6 is 0 Å². The Kier molecular flexibility index (Phi) is 4.82. The number of aryl methyl sites for hydroxylation is 2. The monoisotopic (exact) mass is 387 g/mol. The first-order chi connectivity index (χ1) is 13.0. The Bertz CT molecular complexity index is 959. The number of piperidine rings is 1. The van der Waals surface area contributed by atoms with Crippen LogP contribution in [0.25, 0.3) is 0 Å². The maximum atomic E-state index is 13.2. The van der Waals surface area contributed by atoms with Crippen LogP contribution in [-0.2, 0) is 23.5 Å². The fourth-order valence-electron chi connectivity index (χ4n) is 4.03. The third kappa shape index (κ3) is 3.30. The number of hydrogen-bond donors (Lipinski definition) is 0. The quantitative estimate of drug-likeness (QED) is 0.814. The van der Waals surface area contributed by atoms with Crippen molar-refractivity contribution in [3.05, 3.63) is 47.8 Å². The Morgan fingerprint density at radius 2 is 1.74 bits per heavy atom. The van der Waals surface area contributed by atoms with Crippen molar-refractivity contribution in [2.45, 2.75) is 37.0 Å². The van der Waals surface area contributed by atoms with Gasteiger partial charge in [-0.2, -0.15) is 4.31 Å². The summed E-state index contributed by atoms with van der Waals surface area (Å²) in [5.74, 6) is -0.148. The fraction of sp³-hybridized carbons (Fsp3) is 0.450. The van der Waals surface area contributed by atoms with E-state index in [2.05, 4.69) is 0 Å². The highest BCUT2D eigenvalue weighted by atomic mass is 32.2. The molecule has 1 saturated heterocycles. The number of nitrogens with zero attached hydrogens (tertiary/aromatic N) is 3. The summed E-state index contributed by atoms with van der Waals surface area (Å²) in [5.41, 5.74) is 2.49. The van der Waals surface area contributed by atoms with E-state index in [1.165, 1.54) is 10.4 Å². The summed E-state index contributed by atoms with van der Waals surface area (Å²) in [4.78, 5) is 15.2. The third-order valence-electron chi connectivity index (χ3n) is 5.51. The lowest BCUT2D eigenvalue weighted by Crippen LogP contribution is -2.36. The molecule has 4 rings (SSSR count). The molecule has 1 aromatic heterocycles. The number of carbonyl (C=O) groups is 1. The number of aromatic nitrogens is 1. The molecule has 0 saturated carbocycles. The molecule has 1 aromatic carbocycles. The summed E-state index contributed by atoms with van der Waals surface area (Å²) >= 11 is 0. The first kappa shape index (κ1) is 18.3. The Labute approximate surface area is 160 Å². The smallest absolute Gasteiger partial charge is 0.274 e. The van der Waals surface area contributed by atoms with E-state index in [1.807, 2.05) is 24.3 Å². The second-order valence-corrected chi connectivity index (χ2v) is 9.26. The molecule has 0 aliphatic carbocycles. The zero-order valence-electron chi connectivity index (χ0n) is 15.6. The minimum Gasteiger partial charge on any atom is -0.345 e. The molecule has 3 heterocycles. The first-order valence-corrected chi connectivity index (χ1v) is 11.0. The molecule has 0 N–H and O–H groups in total. The van der Waals surface area contributed by atoms with E-state index in [1.54, 1.807) is 22.7 Å². The zero-order valence-corrected chi connectivity index (χ0v) is 16.4. The van der Waals surface area contributed by atoms with Crippen molar-refractivity contribution >= 4 is 21.6 Å². The maximum absolute atomic E-state index is 13.2. The highest BCUT2D eigenvalue weighted by Crippen LogP contribution is 2.29. The molecule has 2 aliphatic rings. The highest BCUT2D eigenvalue weighted by Gasteiger charge is 2.30. The molecule has 7 heteroatoms. The second kappa shape index (κ2) is 7.13. The van der Waals surface area contributed by atoms with Crippen molar-refractivity contribution in [2.75, 3.05) is 24.5 Å². The molecule has 0 unspecified atom stereocenters. The molecule has 2 aliphatic heterocycles. The minimum atomic E-state index is -3.55. The Hall–Kier alpha value is -2.12. The van der Waals surface area contributed by atoms with Crippen LogP contribution in [0.1, 0.15) is 41.7 Å². The minimum absolute atomic E-state index is 0.148. The van der Waals surface area contributed by atoms with Gasteiger partial charge in [-0.25, -0.2) is 8.42 Å². The Morgan fingerprint density at radius 3 is 2.52 bits per heavy atom. The molecule has 1 fully saturated rings. The van der Waals surface area contributed by atoms with Crippen molar-refractivity contribution < 1.29 is 13.2 Å². The summed E-state index contributed by atoms with van der Waals surface area (Å²) in [7, 11) is -1.81. The van der Waals surface area contributed by atoms with E-state index in [4.69, 9.17) is 0 Å². The van der Waals surface area contributed by atoms with Crippen LogP contribution in [0.2, 0.25) is 0 Å². The predicted octanol–water partition coefficient (Wildman–Crippen LogP) is 2.79. The van der Waals surface area contributed by atoms with E-state index in [0.29, 0.717) is 25.3 Å². The average molecular weight is 388 g/mol. The van der Waals surface area contributed by atoms with Gasteiger partial charge in [-0.1, -0.05) is 24.6 Å². The number of rotatable bonds is 3. The molecule has 27 heavy (non-hydrogen) atoms. The number of sulfonamides is 1. The van der Waals surface area contributed by atoms with Gasteiger partial charge in [0.15, 0.2) is 0 Å². The van der Waals surface area contributed by atoms with Gasteiger partial charge in [0.1, 0.15) is 10.6 Å². The molecule has 0 bridgehead atoms. The van der Waals surface area contributed by atoms with Gasteiger partial charge in [-0.05, 0) is 43.4 Å². The summed E-state index contributed by atoms with van der Waals surface area (Å²) in [6, 6.07) is 9.45. The number of fused-ring (bicyclic) bond motifs is 1. The fourth-order valence-corrected chi connectivity index (χ4v) is 5.61. The van der Waals surface area contributed by atoms with Crippen molar-refractivity contribution in [1.82, 2.24) is 8.87 Å². The van der Waals surface area contributed by atoms with Crippen LogP contribution in [-0.4, -0.2) is 42.8 Å². The van der Waals surface area contributed by atoms with Crippen LogP contribution in [0, 0.1) is 0 Å². The molecule has 0 atom stereocenters. The number of benzene rings is 1. The molecular formula is C20H25N3O3S. The highest BCUT2D eigenvalue weighted by molar-refractivity contribution is 7.89. The lowest BCUT2D eigenvalue weighted by molar-refractivity contribution is 0.0977. The SMILES string of the molecule is Cn1cc(S(=O)(=O)N2CCCCC2)cc1C(=O)N1CCCc2ccccc21. The average Bonchev–Trinajstić information content (AvgIpc) is 3.10. The largest absolute Gasteiger partial charge is 0.345 e. The normalized spacial score (nSPS) is 18.3. The van der Waals surface area contributed by atoms with Crippen LogP contribution in [0.5, 0.6) is 0 Å². The molecule has 0 spiro atoms. The summed E-state index contributed by atoms with van der Waals surface area (Å²) in [5, 5.41) is 0. The van der Waals surface area contributed by atoms with Crippen molar-refractivity contribution in [3.63, 3.8) is 0 Å². The number of carbonyl (C=O) groups excluding carboxylic acids is 1. The molecule has 1 amide bonds. The van der Waals surface area contributed by atoms with Crippen molar-refractivity contribution in [2.24, 2.45) is 7.05 Å². The van der Waals surface area contributed by atoms with Crippen LogP contribution in [0.15, 0.2) is 41.4 Å². The van der Waals surface area contributed by atoms with E-state index in [9.17, 15) is 13.2 Å². The van der Waals surface area contributed by atoms with E-state index >= 15 is 0 Å². The Balaban J connectivity index is 1.65. The van der Waals surface area contributed by atoms with E-state index in [0.717, 1.165) is 43.4 Å². The van der Waals surface area contributed by atoms with Gasteiger partial charge >= 0.3 is 0 Å². The summed E-state index contributed by atoms with van der Waals surface area (Å²) in [6.45, 7) is 1.76. The van der Waals surface area contributed by atoms with Gasteiger partial charge in [0.25, 0.3) is 5.91 Å². The van der Waals surface area contributed by atoms with E-state index < -0.39 is 10.0 Å². The topological polar surface area (TPSA) is 62.6 Å². The molecular weight excluding hydrogens is 362 g/mol. The standard InChI is InChI=1S/C20H25N3O3S/c1-21-15-17(27(25,26)22-11-5-2-6-12-22)14-19(21)20(24)23-13-7-9-16-8-3-4-10-18(16)23/h3-4,8,10,14-15H,2,5-7,9,11-13H2,1H3. The van der Waals surface area contributed by atoms with Gasteiger partial charge in [-0.3, -0.25) is 4.79 Å². The zero-order chi connectivity index (χ0) is 19.0. The maximum Gasteiger partial charge on any atom is 0.274 e. The molecule has 6 nitrogen and oxygen atoms in total. The van der Waals surface area contributed by atoms with Gasteiger partial charge in [-0.15, -0.1) is 0 Å². The van der Waals surface area contributed by atoms with Crippen LogP contribution < -0.4 is 4.90 Å². The lowest BCUT2D eigenvalue weighted by Gasteiger charge is -2.29. The van der Waals surface area contributed by atoms with E-state index in [-0.39, 0.29) is 10.8 Å². The molecule has 2 aromatic rings. The molecule has 0 radical (unpaired) electrons. The van der Waals surface area contributed by atoms with Gasteiger partial charge in [0.05, 0.1) is 0 Å². The molecule has 144 valence electrons. The van der Waals surface area contributed by atoms with Gasteiger partial charge in [0, 0.05) is 38.6 Å². The first-order valence-electron chi connectivity index (χ1n) is 9.55. The predicted molar refractivity (Wildman–Crippen MR) is 104 cm³/mol. The second-order valence-electron chi connectivity index (χ2n) is 7.33. The summed E-state index contributed by atoms with van der Waals surface area (Å²) < 4.78 is 29.0. The van der Waals surface area contributed by atoms with Gasteiger partial charge < -0.3 is 9.47 Å². The van der Waals surface area contributed by atoms with Crippen LogP contribution in [0.3, 0.4) is 0 Å². The number of hydrogen-bond acceptors (Lipinski definition) is 3. The van der Waals surface area contributed by atoms with Crippen molar-refractivity contribution in [3.8, 4) is 0 Å². The van der Waals surface area contributed by atoms with Gasteiger partial charge in [0.2, 0.25) is 10.0 Å².